The van der Waals surface area contributed by atoms with Gasteiger partial charge < -0.3 is 14.5 Å². The average Bonchev–Trinajstić information content (AvgIpc) is 3.04. The number of morpholine rings is 1. The number of amidine groups is 1. The fraction of sp³-hybridized carbons (Fsp3) is 0.789. The number of ether oxygens (including phenoxy) is 1. The summed E-state index contributed by atoms with van der Waals surface area (Å²) in [6.45, 7) is 10.0. The first-order valence-corrected chi connectivity index (χ1v) is 10.8. The summed E-state index contributed by atoms with van der Waals surface area (Å²) in [6, 6.07) is 0.593. The highest BCUT2D eigenvalue weighted by atomic mass is 32.2. The molecule has 7 heteroatoms. The fourth-order valence-electron chi connectivity index (χ4n) is 4.54. The van der Waals surface area contributed by atoms with Gasteiger partial charge in [0, 0.05) is 51.0 Å². The summed E-state index contributed by atoms with van der Waals surface area (Å²) in [5.41, 5.74) is 1.14. The van der Waals surface area contributed by atoms with Crippen molar-refractivity contribution in [3.63, 3.8) is 0 Å². The van der Waals surface area contributed by atoms with E-state index in [2.05, 4.69) is 38.9 Å². The van der Waals surface area contributed by atoms with Crippen molar-refractivity contribution in [1.29, 1.82) is 0 Å². The third kappa shape index (κ3) is 3.94. The van der Waals surface area contributed by atoms with Gasteiger partial charge in [-0.15, -0.1) is 0 Å². The molecular formula is C19H30N4O2S. The van der Waals surface area contributed by atoms with E-state index in [0.717, 1.165) is 69.4 Å². The summed E-state index contributed by atoms with van der Waals surface area (Å²) in [4.78, 5) is 24.2. The van der Waals surface area contributed by atoms with Crippen molar-refractivity contribution in [2.45, 2.75) is 57.8 Å². The number of likely N-dealkylation sites (tertiary alicyclic amines) is 1. The molecule has 0 bridgehead atoms. The van der Waals surface area contributed by atoms with Gasteiger partial charge in [0.25, 0.3) is 0 Å². The van der Waals surface area contributed by atoms with Crippen LogP contribution >= 0.6 is 11.8 Å². The van der Waals surface area contributed by atoms with E-state index in [1.165, 1.54) is 0 Å². The number of aliphatic imine (C=N–C) groups is 1. The Kier molecular flexibility index (Phi) is 5.57. The molecule has 0 saturated carbocycles. The Bertz CT molecular complexity index is 590. The average molecular weight is 379 g/mol. The first-order valence-electron chi connectivity index (χ1n) is 9.95. The smallest absolute Gasteiger partial charge is 0.228 e. The van der Waals surface area contributed by atoms with Crippen LogP contribution in [0.5, 0.6) is 0 Å². The Morgan fingerprint density at radius 3 is 2.69 bits per heavy atom. The van der Waals surface area contributed by atoms with Crippen LogP contribution in [0, 0.1) is 0 Å². The zero-order valence-corrected chi connectivity index (χ0v) is 16.7. The molecule has 4 rings (SSSR count). The van der Waals surface area contributed by atoms with Crippen molar-refractivity contribution in [3.05, 3.63) is 11.1 Å². The Morgan fingerprint density at radius 1 is 1.23 bits per heavy atom. The maximum Gasteiger partial charge on any atom is 0.228 e. The largest absolute Gasteiger partial charge is 0.373 e. The van der Waals surface area contributed by atoms with E-state index in [1.807, 2.05) is 0 Å². The molecule has 0 spiro atoms. The molecule has 26 heavy (non-hydrogen) atoms. The first kappa shape index (κ1) is 18.3. The number of fused-ring (bicyclic) bond motifs is 1. The quantitative estimate of drug-likeness (QED) is 0.753. The maximum atomic E-state index is 12.8. The standard InChI is InChI=1S/C19H30N4O2S/c1-14-11-22(12-15(2)25-14)16-4-8-21(9-5-16)18(24)10-17-13-26-19-20-6-3-7-23(17)19/h13-16H,3-12H2,1-2H3/t14-,15+. The molecule has 2 atom stereocenters. The van der Waals surface area contributed by atoms with E-state index in [1.54, 1.807) is 11.8 Å². The van der Waals surface area contributed by atoms with Crippen molar-refractivity contribution in [3.8, 4) is 0 Å². The number of nitrogens with zero attached hydrogens (tertiary/aromatic N) is 4. The molecule has 2 fully saturated rings. The molecule has 1 amide bonds. The lowest BCUT2D eigenvalue weighted by atomic mass is 10.0. The van der Waals surface area contributed by atoms with Crippen molar-refractivity contribution in [2.75, 3.05) is 39.3 Å². The lowest BCUT2D eigenvalue weighted by molar-refractivity contribution is -0.133. The third-order valence-corrected chi connectivity index (χ3v) is 6.73. The molecule has 0 aromatic carbocycles. The SMILES string of the molecule is C[C@@H]1CN(C2CCN(C(=O)CC3=CSC4=NCCCN34)CC2)C[C@H](C)O1. The van der Waals surface area contributed by atoms with Crippen molar-refractivity contribution in [1.82, 2.24) is 14.7 Å². The Labute approximate surface area is 160 Å². The highest BCUT2D eigenvalue weighted by Gasteiger charge is 2.33. The molecule has 144 valence electrons. The van der Waals surface area contributed by atoms with Crippen molar-refractivity contribution in [2.24, 2.45) is 4.99 Å². The van der Waals surface area contributed by atoms with Gasteiger partial charge in [-0.25, -0.2) is 0 Å². The number of amides is 1. The van der Waals surface area contributed by atoms with E-state index in [-0.39, 0.29) is 5.91 Å². The molecule has 0 aliphatic carbocycles. The normalized spacial score (nSPS) is 30.8. The van der Waals surface area contributed by atoms with Gasteiger partial charge >= 0.3 is 0 Å². The molecule has 0 aromatic heterocycles. The van der Waals surface area contributed by atoms with Crippen LogP contribution in [0.3, 0.4) is 0 Å². The minimum atomic E-state index is 0.269. The van der Waals surface area contributed by atoms with E-state index in [9.17, 15) is 4.79 Å². The minimum absolute atomic E-state index is 0.269. The Hall–Kier alpha value is -1.05. The Morgan fingerprint density at radius 2 is 1.96 bits per heavy atom. The summed E-state index contributed by atoms with van der Waals surface area (Å²) in [7, 11) is 0. The van der Waals surface area contributed by atoms with Gasteiger partial charge in [-0.2, -0.15) is 0 Å². The number of piperidine rings is 1. The number of hydrogen-bond donors (Lipinski definition) is 0. The van der Waals surface area contributed by atoms with Crippen LogP contribution in [0.25, 0.3) is 0 Å². The summed E-state index contributed by atoms with van der Waals surface area (Å²) >= 11 is 1.67. The predicted octanol–water partition coefficient (Wildman–Crippen LogP) is 2.13. The molecule has 2 saturated heterocycles. The second kappa shape index (κ2) is 7.90. The van der Waals surface area contributed by atoms with Crippen LogP contribution in [0.2, 0.25) is 0 Å². The summed E-state index contributed by atoms with van der Waals surface area (Å²) in [5.74, 6) is 0.269. The first-order chi connectivity index (χ1) is 12.6. The third-order valence-electron chi connectivity index (χ3n) is 5.78. The number of thioether (sulfide) groups is 1. The van der Waals surface area contributed by atoms with Gasteiger partial charge in [0.05, 0.1) is 18.6 Å². The van der Waals surface area contributed by atoms with Gasteiger partial charge in [-0.05, 0) is 38.5 Å². The van der Waals surface area contributed by atoms with Crippen LogP contribution in [0.15, 0.2) is 16.1 Å². The molecule has 0 aromatic rings. The van der Waals surface area contributed by atoms with E-state index < -0.39 is 0 Å². The monoisotopic (exact) mass is 378 g/mol. The van der Waals surface area contributed by atoms with Crippen molar-refractivity contribution >= 4 is 22.8 Å². The second-order valence-corrected chi connectivity index (χ2v) is 8.73. The summed E-state index contributed by atoms with van der Waals surface area (Å²) < 4.78 is 5.86. The molecule has 0 radical (unpaired) electrons. The molecule has 0 N–H and O–H groups in total. The summed E-state index contributed by atoms with van der Waals surface area (Å²) in [5, 5.41) is 3.19. The maximum absolute atomic E-state index is 12.8. The van der Waals surface area contributed by atoms with Gasteiger partial charge in [0.1, 0.15) is 0 Å². The zero-order valence-electron chi connectivity index (χ0n) is 15.9. The highest BCUT2D eigenvalue weighted by molar-refractivity contribution is 8.16. The van der Waals surface area contributed by atoms with Crippen LogP contribution in [0.1, 0.15) is 39.5 Å². The molecule has 4 aliphatic rings. The highest BCUT2D eigenvalue weighted by Crippen LogP contribution is 2.31. The number of hydrogen-bond acceptors (Lipinski definition) is 6. The Balaban J connectivity index is 1.27. The molecular weight excluding hydrogens is 348 g/mol. The number of carbonyl (C=O) groups excluding carboxylic acids is 1. The zero-order chi connectivity index (χ0) is 18.1. The van der Waals surface area contributed by atoms with Gasteiger partial charge in [0.2, 0.25) is 5.91 Å². The van der Waals surface area contributed by atoms with Gasteiger partial charge in [-0.1, -0.05) is 11.8 Å². The molecule has 6 nitrogen and oxygen atoms in total. The predicted molar refractivity (Wildman–Crippen MR) is 105 cm³/mol. The fourth-order valence-corrected chi connectivity index (χ4v) is 5.49. The van der Waals surface area contributed by atoms with E-state index in [0.29, 0.717) is 24.7 Å². The van der Waals surface area contributed by atoms with Crippen LogP contribution in [0.4, 0.5) is 0 Å². The minimum Gasteiger partial charge on any atom is -0.373 e. The summed E-state index contributed by atoms with van der Waals surface area (Å²) in [6.07, 6.45) is 4.38. The van der Waals surface area contributed by atoms with E-state index in [4.69, 9.17) is 4.74 Å². The van der Waals surface area contributed by atoms with Gasteiger partial charge in [-0.3, -0.25) is 14.7 Å². The van der Waals surface area contributed by atoms with Crippen molar-refractivity contribution < 1.29 is 9.53 Å². The number of rotatable bonds is 3. The lowest BCUT2D eigenvalue weighted by Gasteiger charge is -2.43. The molecule has 4 heterocycles. The molecule has 4 aliphatic heterocycles. The molecule has 0 unspecified atom stereocenters. The van der Waals surface area contributed by atoms with E-state index >= 15 is 0 Å². The van der Waals surface area contributed by atoms with Gasteiger partial charge in [0.15, 0.2) is 5.17 Å². The topological polar surface area (TPSA) is 48.4 Å². The van der Waals surface area contributed by atoms with Crippen LogP contribution in [-0.4, -0.2) is 83.3 Å². The second-order valence-electron chi connectivity index (χ2n) is 7.90. The van der Waals surface area contributed by atoms with Crippen LogP contribution < -0.4 is 0 Å². The number of carbonyl (C=O) groups is 1. The lowest BCUT2D eigenvalue weighted by Crippen LogP contribution is -2.53. The van der Waals surface area contributed by atoms with Crippen LogP contribution in [-0.2, 0) is 9.53 Å².